The molecular formula is C17H18FNO5. The second kappa shape index (κ2) is 8.14. The van der Waals surface area contributed by atoms with E-state index in [1.165, 1.54) is 30.5 Å². The quantitative estimate of drug-likeness (QED) is 0.724. The van der Waals surface area contributed by atoms with Gasteiger partial charge in [-0.05, 0) is 37.6 Å². The average molecular weight is 335 g/mol. The van der Waals surface area contributed by atoms with Crippen molar-refractivity contribution >= 4 is 11.9 Å². The fourth-order valence-corrected chi connectivity index (χ4v) is 2.15. The van der Waals surface area contributed by atoms with Crippen LogP contribution in [0.3, 0.4) is 0 Å². The molecule has 0 unspecified atom stereocenters. The van der Waals surface area contributed by atoms with Gasteiger partial charge in [-0.25, -0.2) is 4.39 Å². The predicted molar refractivity (Wildman–Crippen MR) is 83.6 cm³/mol. The number of hydrogen-bond acceptors (Lipinski definition) is 4. The summed E-state index contributed by atoms with van der Waals surface area (Å²) in [5.41, 5.74) is 0.850. The molecule has 0 bridgehead atoms. The number of nitrogens with one attached hydrogen (secondary N) is 1. The maximum Gasteiger partial charge on any atom is 0.311 e. The molecule has 0 radical (unpaired) electrons. The third kappa shape index (κ3) is 4.84. The second-order valence-corrected chi connectivity index (χ2v) is 5.20. The molecular weight excluding hydrogens is 317 g/mol. The molecule has 2 N–H and O–H groups in total. The highest BCUT2D eigenvalue weighted by atomic mass is 19.1. The Bertz CT molecular complexity index is 708. The molecule has 0 saturated heterocycles. The van der Waals surface area contributed by atoms with Crippen molar-refractivity contribution in [2.75, 3.05) is 13.2 Å². The van der Waals surface area contributed by atoms with Crippen molar-refractivity contribution in [2.24, 2.45) is 0 Å². The molecule has 0 aliphatic rings. The number of benzene rings is 1. The predicted octanol–water partition coefficient (Wildman–Crippen LogP) is 2.55. The van der Waals surface area contributed by atoms with Gasteiger partial charge in [-0.15, -0.1) is 0 Å². The monoisotopic (exact) mass is 335 g/mol. The van der Waals surface area contributed by atoms with Crippen LogP contribution in [0.4, 0.5) is 4.39 Å². The van der Waals surface area contributed by atoms with Crippen LogP contribution in [0.2, 0.25) is 0 Å². The van der Waals surface area contributed by atoms with E-state index in [4.69, 9.17) is 14.3 Å². The standard InChI is InChI=1S/C17H18FNO5/c1-11-10-24-14(9-15(20)21)16(11)17(22)19-7-2-8-23-13-5-3-12(18)4-6-13/h3-6,10H,2,7-9H2,1H3,(H,19,22)(H,20,21). The number of carbonyl (C=O) groups excluding carboxylic acids is 1. The van der Waals surface area contributed by atoms with Gasteiger partial charge in [-0.3, -0.25) is 9.59 Å². The Morgan fingerprint density at radius 3 is 2.67 bits per heavy atom. The number of carboxylic acid groups (broad SMARTS) is 1. The van der Waals surface area contributed by atoms with Crippen molar-refractivity contribution in [3.05, 3.63) is 53.2 Å². The van der Waals surface area contributed by atoms with Gasteiger partial charge in [0.15, 0.2) is 0 Å². The first-order valence-corrected chi connectivity index (χ1v) is 7.42. The Hall–Kier alpha value is -2.83. The number of carbonyl (C=O) groups is 2. The first-order valence-electron chi connectivity index (χ1n) is 7.42. The maximum absolute atomic E-state index is 12.7. The first-order chi connectivity index (χ1) is 11.5. The summed E-state index contributed by atoms with van der Waals surface area (Å²) in [6, 6.07) is 5.67. The number of rotatable bonds is 8. The summed E-state index contributed by atoms with van der Waals surface area (Å²) in [7, 11) is 0. The van der Waals surface area contributed by atoms with Crippen LogP contribution in [-0.4, -0.2) is 30.1 Å². The minimum atomic E-state index is -1.06. The molecule has 1 amide bonds. The van der Waals surface area contributed by atoms with Crippen LogP contribution in [0.1, 0.15) is 28.1 Å². The molecule has 0 saturated carbocycles. The van der Waals surface area contributed by atoms with Gasteiger partial charge < -0.3 is 19.6 Å². The summed E-state index contributed by atoms with van der Waals surface area (Å²) >= 11 is 0. The van der Waals surface area contributed by atoms with Gasteiger partial charge in [0.05, 0.1) is 18.4 Å². The molecule has 6 nitrogen and oxygen atoms in total. The third-order valence-electron chi connectivity index (χ3n) is 3.28. The van der Waals surface area contributed by atoms with Crippen molar-refractivity contribution < 1.29 is 28.2 Å². The average Bonchev–Trinajstić information content (AvgIpc) is 2.88. The first kappa shape index (κ1) is 17.5. The van der Waals surface area contributed by atoms with Gasteiger partial charge in [-0.1, -0.05) is 0 Å². The second-order valence-electron chi connectivity index (χ2n) is 5.20. The van der Waals surface area contributed by atoms with Gasteiger partial charge in [-0.2, -0.15) is 0 Å². The lowest BCUT2D eigenvalue weighted by atomic mass is 10.1. The molecule has 1 aromatic heterocycles. The Balaban J connectivity index is 1.78. The van der Waals surface area contributed by atoms with Crippen LogP contribution in [0.5, 0.6) is 5.75 Å². The molecule has 0 aliphatic heterocycles. The zero-order valence-corrected chi connectivity index (χ0v) is 13.2. The van der Waals surface area contributed by atoms with E-state index in [-0.39, 0.29) is 29.5 Å². The summed E-state index contributed by atoms with van der Waals surface area (Å²) in [4.78, 5) is 22.9. The molecule has 2 rings (SSSR count). The van der Waals surface area contributed by atoms with Gasteiger partial charge in [0, 0.05) is 12.1 Å². The largest absolute Gasteiger partial charge is 0.494 e. The van der Waals surface area contributed by atoms with Crippen LogP contribution in [0.15, 0.2) is 34.9 Å². The smallest absolute Gasteiger partial charge is 0.311 e. The third-order valence-corrected chi connectivity index (χ3v) is 3.28. The molecule has 0 aliphatic carbocycles. The SMILES string of the molecule is Cc1coc(CC(=O)O)c1C(=O)NCCCOc1ccc(F)cc1. The van der Waals surface area contributed by atoms with Crippen molar-refractivity contribution in [1.82, 2.24) is 5.32 Å². The number of furan rings is 1. The van der Waals surface area contributed by atoms with E-state index in [9.17, 15) is 14.0 Å². The number of carboxylic acids is 1. The Labute approximate surface area is 138 Å². The molecule has 0 atom stereocenters. The lowest BCUT2D eigenvalue weighted by molar-refractivity contribution is -0.136. The summed E-state index contributed by atoms with van der Waals surface area (Å²) in [6.45, 7) is 2.40. The van der Waals surface area contributed by atoms with E-state index in [0.717, 1.165) is 0 Å². The summed E-state index contributed by atoms with van der Waals surface area (Å²) in [6.07, 6.45) is 1.57. The van der Waals surface area contributed by atoms with Gasteiger partial charge >= 0.3 is 5.97 Å². The Kier molecular flexibility index (Phi) is 5.95. The van der Waals surface area contributed by atoms with E-state index in [2.05, 4.69) is 5.32 Å². The Morgan fingerprint density at radius 1 is 1.29 bits per heavy atom. The number of hydrogen-bond donors (Lipinski definition) is 2. The number of aryl methyl sites for hydroxylation is 1. The number of ether oxygens (including phenoxy) is 1. The van der Waals surface area contributed by atoms with Gasteiger partial charge in [0.1, 0.15) is 23.7 Å². The molecule has 7 heteroatoms. The highest BCUT2D eigenvalue weighted by Gasteiger charge is 2.20. The normalized spacial score (nSPS) is 10.4. The highest BCUT2D eigenvalue weighted by Crippen LogP contribution is 2.17. The minimum absolute atomic E-state index is 0.139. The molecule has 1 aromatic carbocycles. The molecule has 0 spiro atoms. The molecule has 1 heterocycles. The van der Waals surface area contributed by atoms with Crippen molar-refractivity contribution in [3.63, 3.8) is 0 Å². The lowest BCUT2D eigenvalue weighted by Crippen LogP contribution is -2.27. The van der Waals surface area contributed by atoms with Gasteiger partial charge in [0.2, 0.25) is 0 Å². The molecule has 2 aromatic rings. The van der Waals surface area contributed by atoms with Crippen LogP contribution >= 0.6 is 0 Å². The fraction of sp³-hybridized carbons (Fsp3) is 0.294. The van der Waals surface area contributed by atoms with Crippen LogP contribution in [0, 0.1) is 12.7 Å². The molecule has 0 fully saturated rings. The minimum Gasteiger partial charge on any atom is -0.494 e. The van der Waals surface area contributed by atoms with Crippen molar-refractivity contribution in [3.8, 4) is 5.75 Å². The summed E-state index contributed by atoms with van der Waals surface area (Å²) < 4.78 is 23.3. The van der Waals surface area contributed by atoms with E-state index in [0.29, 0.717) is 30.9 Å². The van der Waals surface area contributed by atoms with E-state index in [1.54, 1.807) is 6.92 Å². The zero-order chi connectivity index (χ0) is 17.5. The van der Waals surface area contributed by atoms with Crippen LogP contribution in [-0.2, 0) is 11.2 Å². The lowest BCUT2D eigenvalue weighted by Gasteiger charge is -2.08. The summed E-state index contributed by atoms with van der Waals surface area (Å²) in [5.74, 6) is -1.08. The van der Waals surface area contributed by atoms with E-state index >= 15 is 0 Å². The van der Waals surface area contributed by atoms with Gasteiger partial charge in [0.25, 0.3) is 5.91 Å². The van der Waals surface area contributed by atoms with E-state index in [1.807, 2.05) is 0 Å². The number of amides is 1. The zero-order valence-electron chi connectivity index (χ0n) is 13.2. The van der Waals surface area contributed by atoms with E-state index < -0.39 is 5.97 Å². The van der Waals surface area contributed by atoms with Crippen LogP contribution < -0.4 is 10.1 Å². The fourth-order valence-electron chi connectivity index (χ4n) is 2.15. The number of halogens is 1. The molecule has 128 valence electrons. The topological polar surface area (TPSA) is 88.8 Å². The summed E-state index contributed by atoms with van der Waals surface area (Å²) in [5, 5.41) is 11.5. The molecule has 24 heavy (non-hydrogen) atoms. The van der Waals surface area contributed by atoms with Crippen molar-refractivity contribution in [2.45, 2.75) is 19.8 Å². The Morgan fingerprint density at radius 2 is 2.00 bits per heavy atom. The number of aliphatic carboxylic acids is 1. The van der Waals surface area contributed by atoms with Crippen molar-refractivity contribution in [1.29, 1.82) is 0 Å². The highest BCUT2D eigenvalue weighted by molar-refractivity contribution is 5.97. The van der Waals surface area contributed by atoms with Crippen LogP contribution in [0.25, 0.3) is 0 Å². The maximum atomic E-state index is 12.7.